The van der Waals surface area contributed by atoms with E-state index in [-0.39, 0.29) is 24.6 Å². The topological polar surface area (TPSA) is 123 Å². The molecule has 0 saturated heterocycles. The average molecular weight is 603 g/mol. The lowest BCUT2D eigenvalue weighted by molar-refractivity contribution is -0.767. The number of carbonyl (C=O) groups is 2. The van der Waals surface area contributed by atoms with Gasteiger partial charge in [0, 0.05) is 18.9 Å². The van der Waals surface area contributed by atoms with Crippen molar-refractivity contribution in [3.63, 3.8) is 0 Å². The van der Waals surface area contributed by atoms with Gasteiger partial charge in [-0.15, -0.1) is 10.1 Å². The third-order valence-electron chi connectivity index (χ3n) is 4.90. The van der Waals surface area contributed by atoms with Gasteiger partial charge in [-0.1, -0.05) is 26.4 Å². The van der Waals surface area contributed by atoms with Crippen LogP contribution in [-0.2, 0) is 30.3 Å². The molecule has 0 N–H and O–H groups in total. The summed E-state index contributed by atoms with van der Waals surface area (Å²) >= 11 is 0. The van der Waals surface area contributed by atoms with Crippen LogP contribution in [0.1, 0.15) is 38.3 Å². The summed E-state index contributed by atoms with van der Waals surface area (Å²) in [5.41, 5.74) is -2.92. The standard InChI is InChI=1S/C20H21F8NO9S/c1-4-12-7-14(39(24,25,26,27)28)8-13-9-15(17(20(21,22)23)37-16(12)13)18(30)35-11(3)36-19(31)34-6-5-10(2)38-29(32)33/h7-11,17H,4-6H2,1-3H3. The van der Waals surface area contributed by atoms with Crippen LogP contribution in [0.3, 0.4) is 0 Å². The Hall–Kier alpha value is -3.51. The number of rotatable bonds is 10. The van der Waals surface area contributed by atoms with Crippen molar-refractivity contribution in [3.05, 3.63) is 38.9 Å². The van der Waals surface area contributed by atoms with Crippen LogP contribution in [0.4, 0.5) is 37.4 Å². The lowest BCUT2D eigenvalue weighted by Gasteiger charge is -2.41. The van der Waals surface area contributed by atoms with E-state index in [9.17, 15) is 52.3 Å². The number of benzene rings is 1. The van der Waals surface area contributed by atoms with E-state index in [1.807, 2.05) is 0 Å². The molecule has 0 bridgehead atoms. The van der Waals surface area contributed by atoms with Crippen LogP contribution >= 0.6 is 10.2 Å². The third-order valence-corrected chi connectivity index (χ3v) is 6.03. The van der Waals surface area contributed by atoms with Crippen LogP contribution in [0.5, 0.6) is 5.75 Å². The average Bonchev–Trinajstić information content (AvgIpc) is 2.74. The quantitative estimate of drug-likeness (QED) is 0.0952. The van der Waals surface area contributed by atoms with Crippen molar-refractivity contribution in [1.29, 1.82) is 0 Å². The summed E-state index contributed by atoms with van der Waals surface area (Å²) in [7, 11) is -10.3. The summed E-state index contributed by atoms with van der Waals surface area (Å²) in [6.07, 6.45) is -13.1. The first-order valence-electron chi connectivity index (χ1n) is 10.7. The Labute approximate surface area is 214 Å². The largest absolute Gasteiger partial charge is 0.511 e. The van der Waals surface area contributed by atoms with E-state index in [4.69, 9.17) is 4.74 Å². The maximum Gasteiger partial charge on any atom is 0.511 e. The van der Waals surface area contributed by atoms with Crippen LogP contribution in [0, 0.1) is 10.1 Å². The van der Waals surface area contributed by atoms with Gasteiger partial charge in [-0.25, -0.2) is 9.59 Å². The van der Waals surface area contributed by atoms with Gasteiger partial charge in [-0.05, 0) is 37.1 Å². The number of ether oxygens (including phenoxy) is 4. The SMILES string of the molecule is CCc1cc(S(F)(F)(F)(F)F)cc2c1OC(C(F)(F)F)C(C(=O)OC(C)OC(=O)OCCC(C)O[N+](=O)[O-])=C2. The molecule has 222 valence electrons. The van der Waals surface area contributed by atoms with Crippen LogP contribution in [0.2, 0.25) is 0 Å². The fraction of sp³-hybridized carbons (Fsp3) is 0.500. The van der Waals surface area contributed by atoms with Gasteiger partial charge in [0.15, 0.2) is 0 Å². The van der Waals surface area contributed by atoms with E-state index in [2.05, 4.69) is 19.0 Å². The Morgan fingerprint density at radius 2 is 1.74 bits per heavy atom. The molecule has 3 atom stereocenters. The number of alkyl halides is 3. The molecule has 0 fully saturated rings. The molecule has 1 aliphatic heterocycles. The lowest BCUT2D eigenvalue weighted by atomic mass is 9.98. The van der Waals surface area contributed by atoms with Crippen LogP contribution in [0.15, 0.2) is 22.6 Å². The number of esters is 1. The Kier molecular flexibility index (Phi) is 8.32. The molecular formula is C20H21F8NO9S. The molecule has 0 radical (unpaired) electrons. The van der Waals surface area contributed by atoms with Gasteiger partial charge in [-0.3, -0.25) is 0 Å². The normalized spacial score (nSPS) is 18.6. The lowest BCUT2D eigenvalue weighted by Crippen LogP contribution is -2.41. The highest BCUT2D eigenvalue weighted by Gasteiger charge is 2.66. The number of hydrogen-bond donors (Lipinski definition) is 0. The van der Waals surface area contributed by atoms with Gasteiger partial charge in [0.2, 0.25) is 12.4 Å². The highest BCUT2D eigenvalue weighted by Crippen LogP contribution is 3.02. The monoisotopic (exact) mass is 603 g/mol. The molecule has 0 spiro atoms. The smallest absolute Gasteiger partial charge is 0.475 e. The van der Waals surface area contributed by atoms with Crippen molar-refractivity contribution in [1.82, 2.24) is 0 Å². The molecule has 3 unspecified atom stereocenters. The maximum atomic E-state index is 13.7. The second-order valence-electron chi connectivity index (χ2n) is 8.08. The van der Waals surface area contributed by atoms with Crippen molar-refractivity contribution in [2.75, 3.05) is 6.61 Å². The Morgan fingerprint density at radius 1 is 1.13 bits per heavy atom. The molecular weight excluding hydrogens is 582 g/mol. The summed E-state index contributed by atoms with van der Waals surface area (Å²) in [6.45, 7) is 2.88. The molecule has 10 nitrogen and oxygen atoms in total. The first-order chi connectivity index (χ1) is 17.5. The van der Waals surface area contributed by atoms with E-state index in [1.54, 1.807) is 0 Å². The molecule has 0 aliphatic carbocycles. The van der Waals surface area contributed by atoms with Gasteiger partial charge in [-0.2, -0.15) is 13.2 Å². The second kappa shape index (κ2) is 10.2. The van der Waals surface area contributed by atoms with Crippen LogP contribution in [-0.4, -0.2) is 48.5 Å². The highest BCUT2D eigenvalue weighted by molar-refractivity contribution is 8.45. The molecule has 1 aromatic carbocycles. The van der Waals surface area contributed by atoms with E-state index in [0.29, 0.717) is 0 Å². The first kappa shape index (κ1) is 31.7. The van der Waals surface area contributed by atoms with Gasteiger partial charge in [0.1, 0.15) is 16.7 Å². The molecule has 1 heterocycles. The Balaban J connectivity index is 2.27. The fourth-order valence-electron chi connectivity index (χ4n) is 3.17. The van der Waals surface area contributed by atoms with Gasteiger partial charge < -0.3 is 23.8 Å². The molecule has 1 aliphatic rings. The summed E-state index contributed by atoms with van der Waals surface area (Å²) in [5.74, 6) is -2.64. The zero-order chi connectivity index (χ0) is 30.0. The number of aryl methyl sites for hydroxylation is 1. The first-order valence-corrected chi connectivity index (χ1v) is 12.7. The molecule has 1 aromatic rings. The minimum atomic E-state index is -10.3. The van der Waals surface area contributed by atoms with Crippen molar-refractivity contribution in [2.45, 2.75) is 63.2 Å². The maximum absolute atomic E-state index is 13.7. The number of nitrogens with zero attached hydrogens (tertiary/aromatic N) is 1. The predicted octanol–water partition coefficient (Wildman–Crippen LogP) is 6.64. The predicted molar refractivity (Wildman–Crippen MR) is 116 cm³/mol. The molecule has 0 aromatic heterocycles. The minimum absolute atomic E-state index is 0.0171. The number of hydrogen-bond acceptors (Lipinski definition) is 9. The molecule has 2 rings (SSSR count). The Bertz CT molecular complexity index is 1170. The van der Waals surface area contributed by atoms with Gasteiger partial charge in [0.25, 0.3) is 5.09 Å². The minimum Gasteiger partial charge on any atom is -0.475 e. The summed E-state index contributed by atoms with van der Waals surface area (Å²) in [5, 5.41) is 9.11. The van der Waals surface area contributed by atoms with Crippen molar-refractivity contribution >= 4 is 28.4 Å². The van der Waals surface area contributed by atoms with Crippen molar-refractivity contribution in [3.8, 4) is 5.75 Å². The van der Waals surface area contributed by atoms with E-state index < -0.39 is 92.5 Å². The molecule has 0 saturated carbocycles. The number of carbonyl (C=O) groups excluding carboxylic acids is 2. The zero-order valence-electron chi connectivity index (χ0n) is 20.1. The number of halogens is 8. The van der Waals surface area contributed by atoms with E-state index in [1.165, 1.54) is 13.8 Å². The van der Waals surface area contributed by atoms with Gasteiger partial charge in [0.05, 0.1) is 12.2 Å². The highest BCUT2D eigenvalue weighted by atomic mass is 32.5. The van der Waals surface area contributed by atoms with Crippen molar-refractivity contribution < 1.29 is 71.1 Å². The molecule has 0 amide bonds. The van der Waals surface area contributed by atoms with E-state index >= 15 is 0 Å². The zero-order valence-corrected chi connectivity index (χ0v) is 21.0. The van der Waals surface area contributed by atoms with Crippen LogP contribution < -0.4 is 4.74 Å². The van der Waals surface area contributed by atoms with Crippen molar-refractivity contribution in [2.24, 2.45) is 0 Å². The summed E-state index contributed by atoms with van der Waals surface area (Å²) in [4.78, 5) is 36.1. The molecule has 39 heavy (non-hydrogen) atoms. The number of fused-ring (bicyclic) bond motifs is 1. The van der Waals surface area contributed by atoms with Crippen LogP contribution in [0.25, 0.3) is 6.08 Å². The third kappa shape index (κ3) is 8.75. The Morgan fingerprint density at radius 3 is 2.26 bits per heavy atom. The van der Waals surface area contributed by atoms with E-state index in [0.717, 1.165) is 6.92 Å². The van der Waals surface area contributed by atoms with Gasteiger partial charge >= 0.3 is 28.5 Å². The molecule has 19 heteroatoms. The fourth-order valence-corrected chi connectivity index (χ4v) is 3.89. The second-order valence-corrected chi connectivity index (χ2v) is 10.5. The summed E-state index contributed by atoms with van der Waals surface area (Å²) in [6, 6.07) is -0.159. The summed E-state index contributed by atoms with van der Waals surface area (Å²) < 4.78 is 126.